The van der Waals surface area contributed by atoms with Crippen molar-refractivity contribution in [1.29, 1.82) is 0 Å². The second-order valence-corrected chi connectivity index (χ2v) is 7.96. The smallest absolute Gasteiger partial charge is 0.373 e. The number of nitrogens with one attached hydrogen (secondary N) is 2. The van der Waals surface area contributed by atoms with E-state index in [0.717, 1.165) is 36.7 Å². The van der Waals surface area contributed by atoms with Gasteiger partial charge in [-0.1, -0.05) is 6.07 Å². The number of hydrogen-bond acceptors (Lipinski definition) is 3. The van der Waals surface area contributed by atoms with Crippen LogP contribution < -0.4 is 10.6 Å². The molecule has 0 amide bonds. The summed E-state index contributed by atoms with van der Waals surface area (Å²) in [6.45, 7) is 3.64. The van der Waals surface area contributed by atoms with E-state index in [2.05, 4.69) is 20.7 Å². The minimum atomic E-state index is -4.47. The van der Waals surface area contributed by atoms with Crippen LogP contribution in [-0.2, 0) is 17.5 Å². The summed E-state index contributed by atoms with van der Waals surface area (Å²) in [6, 6.07) is 6.28. The highest BCUT2D eigenvalue weighted by Gasteiger charge is 2.41. The molecule has 2 N–H and O–H groups in total. The molecule has 9 heteroatoms. The average Bonchev–Trinajstić information content (AvgIpc) is 3.39. The monoisotopic (exact) mass is 421 g/mol. The number of alkyl halides is 3. The average molecular weight is 421 g/mol. The van der Waals surface area contributed by atoms with Crippen LogP contribution >= 0.6 is 0 Å². The molecule has 0 saturated carbocycles. The van der Waals surface area contributed by atoms with Crippen LogP contribution in [0.5, 0.6) is 0 Å². The third-order valence-electron chi connectivity index (χ3n) is 5.75. The predicted molar refractivity (Wildman–Crippen MR) is 108 cm³/mol. The first-order valence-corrected chi connectivity index (χ1v) is 10.1. The normalized spacial score (nSPS) is 23.8. The van der Waals surface area contributed by atoms with Gasteiger partial charge in [0.05, 0.1) is 35.2 Å². The molecule has 2 aliphatic rings. The molecule has 2 aromatic rings. The molecule has 0 radical (unpaired) electrons. The minimum absolute atomic E-state index is 0.00753. The molecule has 2 aliphatic heterocycles. The number of halogens is 3. The van der Waals surface area contributed by atoms with Gasteiger partial charge in [-0.05, 0) is 56.9 Å². The number of benzene rings is 1. The van der Waals surface area contributed by atoms with Crippen LogP contribution in [0.4, 0.5) is 13.2 Å². The fraction of sp³-hybridized carbons (Fsp3) is 0.524. The largest absolute Gasteiger partial charge is 0.416 e. The Morgan fingerprint density at radius 2 is 2.07 bits per heavy atom. The van der Waals surface area contributed by atoms with E-state index < -0.39 is 11.7 Å². The fourth-order valence-corrected chi connectivity index (χ4v) is 4.34. The van der Waals surface area contributed by atoms with Crippen LogP contribution in [0.2, 0.25) is 0 Å². The van der Waals surface area contributed by atoms with Crippen molar-refractivity contribution in [1.82, 2.24) is 20.4 Å². The molecule has 30 heavy (non-hydrogen) atoms. The maximum absolute atomic E-state index is 13.8. The van der Waals surface area contributed by atoms with Crippen LogP contribution in [0.1, 0.15) is 41.8 Å². The van der Waals surface area contributed by atoms with E-state index >= 15 is 0 Å². The maximum atomic E-state index is 13.8. The molecule has 1 aromatic carbocycles. The minimum Gasteiger partial charge on any atom is -0.373 e. The molecular weight excluding hydrogens is 395 g/mol. The zero-order chi connectivity index (χ0) is 21.5. The summed E-state index contributed by atoms with van der Waals surface area (Å²) in [5.41, 5.74) is 1.40. The fourth-order valence-electron chi connectivity index (χ4n) is 4.34. The van der Waals surface area contributed by atoms with Gasteiger partial charge in [0.15, 0.2) is 5.96 Å². The molecule has 2 saturated heterocycles. The number of aryl methyl sites for hydroxylation is 2. The van der Waals surface area contributed by atoms with Crippen LogP contribution in [0.25, 0.3) is 5.69 Å². The lowest BCUT2D eigenvalue weighted by atomic mass is 9.96. The second-order valence-electron chi connectivity index (χ2n) is 7.96. The predicted octanol–water partition coefficient (Wildman–Crippen LogP) is 3.49. The Morgan fingerprint density at radius 3 is 2.63 bits per heavy atom. The summed E-state index contributed by atoms with van der Waals surface area (Å²) in [7, 11) is 1.61. The zero-order valence-electron chi connectivity index (χ0n) is 17.3. The summed E-state index contributed by atoms with van der Waals surface area (Å²) >= 11 is 0. The number of nitrogens with zero attached hydrogens (tertiary/aromatic N) is 3. The highest BCUT2D eigenvalue weighted by Crippen LogP contribution is 2.35. The number of aromatic nitrogens is 2. The van der Waals surface area contributed by atoms with Gasteiger partial charge < -0.3 is 15.4 Å². The van der Waals surface area contributed by atoms with E-state index in [1.54, 1.807) is 13.1 Å². The lowest BCUT2D eigenvalue weighted by molar-refractivity contribution is -0.138. The van der Waals surface area contributed by atoms with E-state index in [-0.39, 0.29) is 30.4 Å². The van der Waals surface area contributed by atoms with E-state index in [0.29, 0.717) is 11.6 Å². The van der Waals surface area contributed by atoms with Gasteiger partial charge in [0.1, 0.15) is 0 Å². The lowest BCUT2D eigenvalue weighted by Crippen LogP contribution is -2.47. The third kappa shape index (κ3) is 4.16. The standard InChI is InChI=1S/C21H26F3N5O/c1-12-8-13(2)29(28-12)15-5-4-14(17(9-15)21(22,23)24)11-26-20(25-3)27-18-10-16-6-7-19(18)30-16/h4-5,8-9,16,18-19H,6-7,10-11H2,1-3H3,(H2,25,26,27). The number of aliphatic imine (C=N–C) groups is 1. The Morgan fingerprint density at radius 1 is 1.27 bits per heavy atom. The van der Waals surface area contributed by atoms with Crippen molar-refractivity contribution in [2.75, 3.05) is 7.05 Å². The molecule has 4 rings (SSSR count). The molecule has 0 aliphatic carbocycles. The van der Waals surface area contributed by atoms with E-state index in [9.17, 15) is 13.2 Å². The topological polar surface area (TPSA) is 63.5 Å². The molecular formula is C21H26F3N5O. The number of hydrogen-bond donors (Lipinski definition) is 2. The molecule has 3 heterocycles. The molecule has 2 bridgehead atoms. The van der Waals surface area contributed by atoms with E-state index in [4.69, 9.17) is 4.74 Å². The quantitative estimate of drug-likeness (QED) is 0.586. The Hall–Kier alpha value is -2.55. The zero-order valence-corrected chi connectivity index (χ0v) is 17.3. The van der Waals surface area contributed by atoms with Gasteiger partial charge in [-0.25, -0.2) is 4.68 Å². The van der Waals surface area contributed by atoms with Crippen molar-refractivity contribution >= 4 is 5.96 Å². The Labute approximate surface area is 173 Å². The molecule has 162 valence electrons. The Bertz CT molecular complexity index is 953. The van der Waals surface area contributed by atoms with Crippen molar-refractivity contribution in [3.8, 4) is 5.69 Å². The van der Waals surface area contributed by atoms with Gasteiger partial charge in [0.2, 0.25) is 0 Å². The van der Waals surface area contributed by atoms with Gasteiger partial charge in [0.25, 0.3) is 0 Å². The van der Waals surface area contributed by atoms with Gasteiger partial charge >= 0.3 is 6.18 Å². The molecule has 2 fully saturated rings. The molecule has 6 nitrogen and oxygen atoms in total. The molecule has 3 unspecified atom stereocenters. The van der Waals surface area contributed by atoms with Crippen LogP contribution in [0.3, 0.4) is 0 Å². The van der Waals surface area contributed by atoms with Crippen molar-refractivity contribution in [3.63, 3.8) is 0 Å². The van der Waals surface area contributed by atoms with Crippen LogP contribution in [-0.4, -0.2) is 41.0 Å². The van der Waals surface area contributed by atoms with Crippen molar-refractivity contribution in [2.24, 2.45) is 4.99 Å². The second kappa shape index (κ2) is 7.94. The summed E-state index contributed by atoms with van der Waals surface area (Å²) in [5.74, 6) is 0.479. The highest BCUT2D eigenvalue weighted by atomic mass is 19.4. The number of fused-ring (bicyclic) bond motifs is 2. The number of rotatable bonds is 4. The van der Waals surface area contributed by atoms with Gasteiger partial charge in [-0.3, -0.25) is 4.99 Å². The maximum Gasteiger partial charge on any atom is 0.416 e. The summed E-state index contributed by atoms with van der Waals surface area (Å²) in [6.07, 6.45) is -1.06. The molecule has 1 aromatic heterocycles. The lowest BCUT2D eigenvalue weighted by Gasteiger charge is -2.23. The van der Waals surface area contributed by atoms with E-state index in [1.807, 2.05) is 19.9 Å². The summed E-state index contributed by atoms with van der Waals surface area (Å²) < 4.78 is 48.6. The van der Waals surface area contributed by atoms with Crippen molar-refractivity contribution in [3.05, 3.63) is 46.8 Å². The van der Waals surface area contributed by atoms with Gasteiger partial charge in [-0.15, -0.1) is 0 Å². The number of ether oxygens (including phenoxy) is 1. The van der Waals surface area contributed by atoms with Gasteiger partial charge in [0, 0.05) is 19.3 Å². The van der Waals surface area contributed by atoms with E-state index in [1.165, 1.54) is 10.7 Å². The summed E-state index contributed by atoms with van der Waals surface area (Å²) in [5, 5.41) is 10.6. The first kappa shape index (κ1) is 20.7. The highest BCUT2D eigenvalue weighted by molar-refractivity contribution is 5.80. The van der Waals surface area contributed by atoms with Gasteiger partial charge in [-0.2, -0.15) is 18.3 Å². The summed E-state index contributed by atoms with van der Waals surface area (Å²) in [4.78, 5) is 4.17. The first-order valence-electron chi connectivity index (χ1n) is 10.1. The number of guanidine groups is 1. The van der Waals surface area contributed by atoms with Crippen molar-refractivity contribution < 1.29 is 17.9 Å². The Kier molecular flexibility index (Phi) is 5.48. The first-order chi connectivity index (χ1) is 14.2. The SMILES string of the molecule is CN=C(NCc1ccc(-n2nc(C)cc2C)cc1C(F)(F)F)NC1CC2CCC1O2. The Balaban J connectivity index is 1.50. The molecule has 0 spiro atoms. The van der Waals surface area contributed by atoms with Crippen LogP contribution in [0.15, 0.2) is 29.3 Å². The van der Waals surface area contributed by atoms with Crippen LogP contribution in [0, 0.1) is 13.8 Å². The third-order valence-corrected chi connectivity index (χ3v) is 5.75. The molecule has 3 atom stereocenters. The van der Waals surface area contributed by atoms with Crippen molar-refractivity contribution in [2.45, 2.75) is 64.1 Å².